The molecule has 0 unspecified atom stereocenters. The molecule has 0 radical (unpaired) electrons. The molecule has 0 spiro atoms. The van der Waals surface area contributed by atoms with Gasteiger partial charge in [0.25, 0.3) is 5.91 Å². The molecule has 0 bridgehead atoms. The van der Waals surface area contributed by atoms with Gasteiger partial charge in [-0.05, 0) is 18.6 Å². The Kier molecular flexibility index (Phi) is 1.93. The van der Waals surface area contributed by atoms with Crippen LogP contribution >= 0.6 is 0 Å². The summed E-state index contributed by atoms with van der Waals surface area (Å²) in [4.78, 5) is 15.4. The van der Waals surface area contributed by atoms with Crippen LogP contribution in [0.15, 0.2) is 35.8 Å². The maximum atomic E-state index is 11.5. The molecule has 1 heterocycles. The third-order valence-electron chi connectivity index (χ3n) is 2.21. The zero-order valence-corrected chi connectivity index (χ0v) is 7.66. The smallest absolute Gasteiger partial charge is 0.274 e. The lowest BCUT2D eigenvalue weighted by Crippen LogP contribution is -2.26. The van der Waals surface area contributed by atoms with Crippen LogP contribution in [0.5, 0.6) is 0 Å². The number of hydrogen-bond acceptors (Lipinski definition) is 2. The van der Waals surface area contributed by atoms with Crippen LogP contribution in [0.3, 0.4) is 0 Å². The molecule has 0 atom stereocenters. The van der Waals surface area contributed by atoms with Gasteiger partial charge < -0.3 is 5.73 Å². The van der Waals surface area contributed by atoms with Gasteiger partial charge in [0.05, 0.1) is 5.36 Å². The molecule has 2 rings (SSSR count). The molecule has 1 amide bonds. The van der Waals surface area contributed by atoms with Crippen molar-refractivity contribution in [2.45, 2.75) is 6.42 Å². The van der Waals surface area contributed by atoms with Gasteiger partial charge in [-0.3, -0.25) is 4.79 Å². The number of nitrogens with two attached hydrogens (primary N) is 1. The van der Waals surface area contributed by atoms with Crippen LogP contribution in [0.25, 0.3) is 5.57 Å². The van der Waals surface area contributed by atoms with Crippen molar-refractivity contribution in [3.63, 3.8) is 0 Å². The minimum Gasteiger partial charge on any atom is -0.398 e. The number of rotatable bonds is 2. The van der Waals surface area contributed by atoms with E-state index in [1.807, 2.05) is 0 Å². The van der Waals surface area contributed by atoms with E-state index in [4.69, 9.17) is 5.73 Å². The Morgan fingerprint density at radius 1 is 1.50 bits per heavy atom. The second kappa shape index (κ2) is 3.10. The fourth-order valence-corrected chi connectivity index (χ4v) is 1.60. The van der Waals surface area contributed by atoms with E-state index in [0.29, 0.717) is 23.0 Å². The molecular formula is C11H10N2O. The minimum atomic E-state index is -0.196. The highest BCUT2D eigenvalue weighted by molar-refractivity contribution is 6.16. The van der Waals surface area contributed by atoms with E-state index in [0.717, 1.165) is 5.22 Å². The van der Waals surface area contributed by atoms with Crippen LogP contribution in [0.4, 0.5) is 5.69 Å². The first kappa shape index (κ1) is 8.69. The number of carbonyl (C=O) groups excluding carboxylic acids is 1. The van der Waals surface area contributed by atoms with Crippen molar-refractivity contribution >= 4 is 17.2 Å². The molecule has 0 aromatic heterocycles. The molecule has 0 fully saturated rings. The van der Waals surface area contributed by atoms with Crippen molar-refractivity contribution in [3.8, 4) is 0 Å². The lowest BCUT2D eigenvalue weighted by Gasteiger charge is -1.95. The van der Waals surface area contributed by atoms with Crippen LogP contribution in [-0.2, 0) is 4.79 Å². The Bertz CT molecular complexity index is 529. The molecule has 3 heteroatoms. The molecule has 1 aliphatic rings. The first-order chi connectivity index (χ1) is 6.74. The van der Waals surface area contributed by atoms with Crippen LogP contribution in [0.1, 0.15) is 6.42 Å². The molecule has 1 aliphatic heterocycles. The summed E-state index contributed by atoms with van der Waals surface area (Å²) in [6.45, 7) is 3.61. The predicted octanol–water partition coefficient (Wildman–Crippen LogP) is 0.155. The lowest BCUT2D eigenvalue weighted by molar-refractivity contribution is -0.112. The molecule has 1 aromatic rings. The summed E-state index contributed by atoms with van der Waals surface area (Å²) < 4.78 is 0. The highest BCUT2D eigenvalue weighted by Crippen LogP contribution is 2.08. The van der Waals surface area contributed by atoms with Crippen LogP contribution in [0.2, 0.25) is 0 Å². The van der Waals surface area contributed by atoms with Gasteiger partial charge in [0.15, 0.2) is 0 Å². The summed E-state index contributed by atoms with van der Waals surface area (Å²) in [6, 6.07) is 5.36. The second-order valence-corrected chi connectivity index (χ2v) is 3.13. The predicted molar refractivity (Wildman–Crippen MR) is 54.9 cm³/mol. The Morgan fingerprint density at radius 3 is 3.00 bits per heavy atom. The minimum absolute atomic E-state index is 0.196. The van der Waals surface area contributed by atoms with Gasteiger partial charge in [0.1, 0.15) is 0 Å². The SMILES string of the molecule is C=CCC1=c2c(N)cccc2=NC1=O. The van der Waals surface area contributed by atoms with E-state index in [-0.39, 0.29) is 5.91 Å². The van der Waals surface area contributed by atoms with Gasteiger partial charge in [-0.1, -0.05) is 12.1 Å². The average Bonchev–Trinajstić information content (AvgIpc) is 2.45. The summed E-state index contributed by atoms with van der Waals surface area (Å²) in [5, 5.41) is 1.45. The van der Waals surface area contributed by atoms with Crippen molar-refractivity contribution in [2.75, 3.05) is 5.73 Å². The Hall–Kier alpha value is -1.90. The van der Waals surface area contributed by atoms with Crippen LogP contribution in [0, 0.1) is 0 Å². The molecular weight excluding hydrogens is 176 g/mol. The highest BCUT2D eigenvalue weighted by atomic mass is 16.1. The van der Waals surface area contributed by atoms with E-state index in [1.54, 1.807) is 24.3 Å². The van der Waals surface area contributed by atoms with Crippen molar-refractivity contribution in [1.82, 2.24) is 0 Å². The maximum Gasteiger partial charge on any atom is 0.274 e. The topological polar surface area (TPSA) is 55.4 Å². The standard InChI is InChI=1S/C11H10N2O/c1-2-4-7-10-8(12)5-3-6-9(10)13-11(7)14/h2-3,5-6H,1,4,12H2. The first-order valence-electron chi connectivity index (χ1n) is 4.35. The number of nitrogen functional groups attached to an aromatic ring is 1. The molecule has 0 saturated carbocycles. The molecule has 70 valence electrons. The van der Waals surface area contributed by atoms with E-state index in [2.05, 4.69) is 11.6 Å². The Balaban J connectivity index is 2.85. The molecule has 3 nitrogen and oxygen atoms in total. The van der Waals surface area contributed by atoms with Gasteiger partial charge in [-0.25, -0.2) is 4.99 Å². The summed E-state index contributed by atoms with van der Waals surface area (Å²) >= 11 is 0. The monoisotopic (exact) mass is 186 g/mol. The van der Waals surface area contributed by atoms with E-state index >= 15 is 0 Å². The van der Waals surface area contributed by atoms with E-state index in [1.165, 1.54) is 0 Å². The number of fused-ring (bicyclic) bond motifs is 1. The number of hydrogen-bond donors (Lipinski definition) is 1. The van der Waals surface area contributed by atoms with Gasteiger partial charge in [0.2, 0.25) is 0 Å². The number of carbonyl (C=O) groups is 1. The number of allylic oxidation sites excluding steroid dienone is 1. The zero-order valence-electron chi connectivity index (χ0n) is 7.66. The van der Waals surface area contributed by atoms with Gasteiger partial charge in [0, 0.05) is 16.5 Å². The van der Waals surface area contributed by atoms with Crippen molar-refractivity contribution < 1.29 is 4.79 Å². The summed E-state index contributed by atoms with van der Waals surface area (Å²) in [5.41, 5.74) is 7.04. The second-order valence-electron chi connectivity index (χ2n) is 3.13. The molecule has 1 aromatic carbocycles. The van der Waals surface area contributed by atoms with Crippen molar-refractivity contribution in [2.24, 2.45) is 4.99 Å². The third-order valence-corrected chi connectivity index (χ3v) is 2.21. The normalized spacial score (nSPS) is 13.7. The van der Waals surface area contributed by atoms with Crippen LogP contribution < -0.4 is 16.3 Å². The van der Waals surface area contributed by atoms with Gasteiger partial charge >= 0.3 is 0 Å². The molecule has 0 saturated heterocycles. The van der Waals surface area contributed by atoms with E-state index in [9.17, 15) is 4.79 Å². The highest BCUT2D eigenvalue weighted by Gasteiger charge is 2.15. The zero-order chi connectivity index (χ0) is 10.1. The van der Waals surface area contributed by atoms with Crippen molar-refractivity contribution in [3.05, 3.63) is 41.4 Å². The van der Waals surface area contributed by atoms with Gasteiger partial charge in [-0.2, -0.15) is 0 Å². The largest absolute Gasteiger partial charge is 0.398 e. The lowest BCUT2D eigenvalue weighted by atomic mass is 10.1. The number of amides is 1. The fraction of sp³-hybridized carbons (Fsp3) is 0.0909. The first-order valence-corrected chi connectivity index (χ1v) is 4.35. The van der Waals surface area contributed by atoms with Gasteiger partial charge in [-0.15, -0.1) is 6.58 Å². The number of anilines is 1. The quantitative estimate of drug-likeness (QED) is 0.528. The van der Waals surface area contributed by atoms with Crippen molar-refractivity contribution in [1.29, 1.82) is 0 Å². The molecule has 2 N–H and O–H groups in total. The fourth-order valence-electron chi connectivity index (χ4n) is 1.60. The molecule has 14 heavy (non-hydrogen) atoms. The maximum absolute atomic E-state index is 11.5. The molecule has 0 aliphatic carbocycles. The van der Waals surface area contributed by atoms with Crippen LogP contribution in [-0.4, -0.2) is 5.91 Å². The summed E-state index contributed by atoms with van der Waals surface area (Å²) in [5.74, 6) is -0.196. The average molecular weight is 186 g/mol. The van der Waals surface area contributed by atoms with E-state index < -0.39 is 0 Å². The number of benzene rings is 1. The Labute approximate surface area is 81.3 Å². The Morgan fingerprint density at radius 2 is 2.29 bits per heavy atom. The third kappa shape index (κ3) is 1.14. The number of nitrogens with zero attached hydrogens (tertiary/aromatic N) is 1. The summed E-state index contributed by atoms with van der Waals surface area (Å²) in [6.07, 6.45) is 2.20. The summed E-state index contributed by atoms with van der Waals surface area (Å²) in [7, 11) is 0.